The third-order valence-corrected chi connectivity index (χ3v) is 9.48. The van der Waals surface area contributed by atoms with Crippen molar-refractivity contribution in [2.45, 2.75) is 0 Å². The quantitative estimate of drug-likeness (QED) is 0.107. The Balaban J connectivity index is 1.13. The second-order valence-corrected chi connectivity index (χ2v) is 13.5. The van der Waals surface area contributed by atoms with Crippen LogP contribution >= 0.6 is 0 Å². The number of hydrogen-bond acceptors (Lipinski definition) is 6. The molecule has 0 aliphatic heterocycles. The summed E-state index contributed by atoms with van der Waals surface area (Å²) in [5.74, 6) is 21.1. The Morgan fingerprint density at radius 2 is 0.467 bits per heavy atom. The molecule has 0 saturated carbocycles. The summed E-state index contributed by atoms with van der Waals surface area (Å²) in [6.45, 7) is 0. The zero-order chi connectivity index (χ0) is 41.8. The van der Waals surface area contributed by atoms with E-state index >= 15 is 0 Å². The van der Waals surface area contributed by atoms with E-state index in [1.807, 2.05) is 54.6 Å². The largest absolute Gasteiger partial charge is 0.497 e. The summed E-state index contributed by atoms with van der Waals surface area (Å²) in [4.78, 5) is 39.1. The fraction of sp³-hybridized carbons (Fsp3) is 0.0556. The van der Waals surface area contributed by atoms with Gasteiger partial charge in [-0.25, -0.2) is 0 Å². The fourth-order valence-corrected chi connectivity index (χ4v) is 6.12. The van der Waals surface area contributed by atoms with Gasteiger partial charge in [-0.15, -0.1) is 0 Å². The Morgan fingerprint density at radius 1 is 0.283 bits per heavy atom. The normalized spacial score (nSPS) is 10.1. The van der Waals surface area contributed by atoms with Crippen LogP contribution in [0.1, 0.15) is 81.1 Å². The topological polar surface area (TPSA) is 78.9 Å². The number of carbonyl (C=O) groups is 3. The third kappa shape index (κ3) is 9.95. The molecule has 0 aliphatic rings. The summed E-state index contributed by atoms with van der Waals surface area (Å²) in [6, 6.07) is 48.2. The van der Waals surface area contributed by atoms with Crippen molar-refractivity contribution < 1.29 is 28.6 Å². The number of benzene rings is 7. The van der Waals surface area contributed by atoms with Crippen molar-refractivity contribution in [3.63, 3.8) is 0 Å². The van der Waals surface area contributed by atoms with E-state index < -0.39 is 0 Å². The van der Waals surface area contributed by atoms with Crippen LogP contribution in [0.15, 0.2) is 164 Å². The molecule has 6 heteroatoms. The molecule has 0 bridgehead atoms. The SMILES string of the molecule is COc1ccc(C(=O)c2ccc(C#Cc3cc(C#Cc4ccc(C(=O)c5ccc(OC)cc5)cc4)cc(C#Cc4ccc(C(=O)c5ccc(OC)cc5)cc4)c3)cc2)cc1. The second kappa shape index (κ2) is 18.7. The van der Waals surface area contributed by atoms with E-state index in [0.29, 0.717) is 67.3 Å². The average Bonchev–Trinajstić information content (AvgIpc) is 3.32. The van der Waals surface area contributed by atoms with Crippen LogP contribution in [0.4, 0.5) is 0 Å². The Bertz CT molecular complexity index is 2540. The molecule has 0 spiro atoms. The third-order valence-electron chi connectivity index (χ3n) is 9.48. The minimum absolute atomic E-state index is 0.0939. The van der Waals surface area contributed by atoms with Crippen LogP contribution < -0.4 is 14.2 Å². The van der Waals surface area contributed by atoms with Gasteiger partial charge < -0.3 is 14.2 Å². The van der Waals surface area contributed by atoms with Crippen LogP contribution in [0.5, 0.6) is 17.2 Å². The molecule has 0 unspecified atom stereocenters. The molecule has 60 heavy (non-hydrogen) atoms. The van der Waals surface area contributed by atoms with Crippen molar-refractivity contribution in [3.05, 3.63) is 231 Å². The summed E-state index contributed by atoms with van der Waals surface area (Å²) < 4.78 is 15.6. The van der Waals surface area contributed by atoms with Crippen LogP contribution in [0.25, 0.3) is 0 Å². The maximum atomic E-state index is 13.0. The van der Waals surface area contributed by atoms with Crippen molar-refractivity contribution in [2.24, 2.45) is 0 Å². The lowest BCUT2D eigenvalue weighted by Crippen LogP contribution is -2.01. The minimum Gasteiger partial charge on any atom is -0.497 e. The Labute approximate surface area is 349 Å². The van der Waals surface area contributed by atoms with Gasteiger partial charge in [-0.1, -0.05) is 35.5 Å². The molecule has 0 N–H and O–H groups in total. The molecule has 0 aromatic heterocycles. The molecule has 7 rings (SSSR count). The number of carbonyl (C=O) groups excluding carboxylic acids is 3. The van der Waals surface area contributed by atoms with Crippen LogP contribution in [-0.4, -0.2) is 38.7 Å². The monoisotopic (exact) mass is 780 g/mol. The molecule has 0 atom stereocenters. The zero-order valence-electron chi connectivity index (χ0n) is 33.0. The first-order chi connectivity index (χ1) is 29.3. The van der Waals surface area contributed by atoms with E-state index in [0.717, 1.165) is 16.7 Å². The smallest absolute Gasteiger partial charge is 0.193 e. The summed E-state index contributed by atoms with van der Waals surface area (Å²) in [6.07, 6.45) is 0. The maximum Gasteiger partial charge on any atom is 0.193 e. The summed E-state index contributed by atoms with van der Waals surface area (Å²) >= 11 is 0. The van der Waals surface area contributed by atoms with Crippen molar-refractivity contribution in [1.82, 2.24) is 0 Å². The Hall–Kier alpha value is -8.37. The minimum atomic E-state index is -0.0939. The second-order valence-electron chi connectivity index (χ2n) is 13.5. The predicted molar refractivity (Wildman–Crippen MR) is 233 cm³/mol. The molecule has 6 nitrogen and oxygen atoms in total. The molecule has 0 fully saturated rings. The van der Waals surface area contributed by atoms with Gasteiger partial charge in [0.15, 0.2) is 17.3 Å². The van der Waals surface area contributed by atoms with Gasteiger partial charge >= 0.3 is 0 Å². The lowest BCUT2D eigenvalue weighted by Gasteiger charge is -2.03. The summed E-state index contributed by atoms with van der Waals surface area (Å²) in [5.41, 5.74) is 7.66. The number of hydrogen-bond donors (Lipinski definition) is 0. The molecular formula is C54H36O6. The molecule has 0 aliphatic carbocycles. The molecule has 288 valence electrons. The van der Waals surface area contributed by atoms with Gasteiger partial charge in [0, 0.05) is 66.8 Å². The molecule has 7 aromatic rings. The van der Waals surface area contributed by atoms with E-state index in [1.165, 1.54) is 0 Å². The van der Waals surface area contributed by atoms with Crippen molar-refractivity contribution in [2.75, 3.05) is 21.3 Å². The first kappa shape index (κ1) is 39.8. The molecule has 7 aromatic carbocycles. The number of methoxy groups -OCH3 is 3. The standard InChI is InChI=1S/C54H36O6/c1-58-49-28-22-46(23-29-49)52(55)43-16-10-37(11-17-43)4-7-40-34-41(8-5-38-12-18-44(19-13-38)53(56)47-24-30-50(59-2)31-25-47)36-42(35-40)9-6-39-14-20-45(21-15-39)54(57)48-26-32-51(60-3)33-27-48/h10-36H,1-3H3. The molecule has 0 saturated heterocycles. The lowest BCUT2D eigenvalue weighted by molar-refractivity contribution is 0.103. The molecule has 0 amide bonds. The van der Waals surface area contributed by atoms with E-state index in [9.17, 15) is 14.4 Å². The number of ketones is 3. The zero-order valence-corrected chi connectivity index (χ0v) is 33.0. The average molecular weight is 781 g/mol. The Kier molecular flexibility index (Phi) is 12.4. The van der Waals surface area contributed by atoms with E-state index in [2.05, 4.69) is 35.5 Å². The number of ether oxygens (including phenoxy) is 3. The van der Waals surface area contributed by atoms with Crippen LogP contribution in [0.3, 0.4) is 0 Å². The molecular weight excluding hydrogens is 745 g/mol. The van der Waals surface area contributed by atoms with Gasteiger partial charge in [0.1, 0.15) is 17.2 Å². The lowest BCUT2D eigenvalue weighted by atomic mass is 10.0. The van der Waals surface area contributed by atoms with Gasteiger partial charge in [-0.05, 0) is 164 Å². The summed E-state index contributed by atoms with van der Waals surface area (Å²) in [5, 5.41) is 0. The van der Waals surface area contributed by atoms with Crippen LogP contribution in [0, 0.1) is 35.5 Å². The van der Waals surface area contributed by atoms with Gasteiger partial charge in [0.05, 0.1) is 21.3 Å². The fourth-order valence-electron chi connectivity index (χ4n) is 6.12. The van der Waals surface area contributed by atoms with E-state index in [-0.39, 0.29) is 17.3 Å². The van der Waals surface area contributed by atoms with E-state index in [1.54, 1.807) is 131 Å². The highest BCUT2D eigenvalue weighted by atomic mass is 16.5. The first-order valence-corrected chi connectivity index (χ1v) is 18.9. The van der Waals surface area contributed by atoms with E-state index in [4.69, 9.17) is 14.2 Å². The predicted octanol–water partition coefficient (Wildman–Crippen LogP) is 9.60. The van der Waals surface area contributed by atoms with Gasteiger partial charge in [0.25, 0.3) is 0 Å². The van der Waals surface area contributed by atoms with Gasteiger partial charge in [-0.2, -0.15) is 0 Å². The first-order valence-electron chi connectivity index (χ1n) is 18.9. The summed E-state index contributed by atoms with van der Waals surface area (Å²) in [7, 11) is 4.75. The van der Waals surface area contributed by atoms with Crippen LogP contribution in [0.2, 0.25) is 0 Å². The highest BCUT2D eigenvalue weighted by Gasteiger charge is 2.11. The van der Waals surface area contributed by atoms with Crippen molar-refractivity contribution >= 4 is 17.3 Å². The van der Waals surface area contributed by atoms with Crippen molar-refractivity contribution in [3.8, 4) is 52.8 Å². The van der Waals surface area contributed by atoms with Crippen LogP contribution in [-0.2, 0) is 0 Å². The van der Waals surface area contributed by atoms with Gasteiger partial charge in [-0.3, -0.25) is 14.4 Å². The highest BCUT2D eigenvalue weighted by Crippen LogP contribution is 2.19. The highest BCUT2D eigenvalue weighted by molar-refractivity contribution is 6.10. The number of rotatable bonds is 9. The Morgan fingerprint density at radius 3 is 0.667 bits per heavy atom. The van der Waals surface area contributed by atoms with Crippen molar-refractivity contribution in [1.29, 1.82) is 0 Å². The van der Waals surface area contributed by atoms with Gasteiger partial charge in [0.2, 0.25) is 0 Å². The molecule has 0 heterocycles. The molecule has 0 radical (unpaired) electrons. The maximum absolute atomic E-state index is 13.0.